The number of nitrogens with zero attached hydrogens (tertiary/aromatic N) is 1. The monoisotopic (exact) mass is 626 g/mol. The number of carbonyl (C=O) groups is 2. The molecule has 45 heavy (non-hydrogen) atoms. The van der Waals surface area contributed by atoms with E-state index in [2.05, 4.69) is 62.5 Å². The van der Waals surface area contributed by atoms with E-state index in [1.807, 2.05) is 0 Å². The number of hydrogen-bond acceptors (Lipinski definition) is 3. The fourth-order valence-electron chi connectivity index (χ4n) is 5.90. The summed E-state index contributed by atoms with van der Waals surface area (Å²) in [6, 6.07) is -0.361. The minimum Gasteiger partial charge on any atom is -0.464 e. The van der Waals surface area contributed by atoms with Crippen molar-refractivity contribution in [3.8, 4) is 0 Å². The van der Waals surface area contributed by atoms with Gasteiger partial charge in [0.1, 0.15) is 6.04 Å². The maximum Gasteiger partial charge on any atom is 0.328 e. The Kier molecular flexibility index (Phi) is 29.0. The van der Waals surface area contributed by atoms with Crippen LogP contribution in [0.2, 0.25) is 0 Å². The van der Waals surface area contributed by atoms with Crippen molar-refractivity contribution in [1.29, 1.82) is 0 Å². The third-order valence-corrected chi connectivity index (χ3v) is 8.78. The van der Waals surface area contributed by atoms with Gasteiger partial charge in [0, 0.05) is 13.0 Å². The summed E-state index contributed by atoms with van der Waals surface area (Å²) < 4.78 is 5.60. The van der Waals surface area contributed by atoms with Crippen molar-refractivity contribution in [2.24, 2.45) is 0 Å². The van der Waals surface area contributed by atoms with E-state index in [0.29, 0.717) is 19.6 Å². The molecule has 1 atom stereocenters. The molecule has 0 radical (unpaired) electrons. The molecule has 1 aliphatic heterocycles. The van der Waals surface area contributed by atoms with Crippen LogP contribution in [0.15, 0.2) is 48.6 Å². The van der Waals surface area contributed by atoms with Crippen molar-refractivity contribution in [2.75, 3.05) is 13.2 Å². The topological polar surface area (TPSA) is 46.6 Å². The normalized spacial score (nSPS) is 15.5. The predicted molar refractivity (Wildman–Crippen MR) is 194 cm³/mol. The SMILES string of the molecule is CCCCC/C=C\C/C=C\CCCCCCCCOC(=O)[C@@H]1CCCN1C(=O)CCCCCCC/C=C\C/C=C\CCCCC. The number of amides is 1. The van der Waals surface area contributed by atoms with Crippen LogP contribution >= 0.6 is 0 Å². The van der Waals surface area contributed by atoms with Crippen molar-refractivity contribution in [3.05, 3.63) is 48.6 Å². The number of hydrogen-bond donors (Lipinski definition) is 0. The van der Waals surface area contributed by atoms with Crippen LogP contribution < -0.4 is 0 Å². The number of ether oxygens (including phenoxy) is 1. The molecule has 1 amide bonds. The van der Waals surface area contributed by atoms with Crippen molar-refractivity contribution in [2.45, 2.75) is 187 Å². The summed E-state index contributed by atoms with van der Waals surface area (Å²) in [6.07, 6.45) is 48.0. The van der Waals surface area contributed by atoms with E-state index < -0.39 is 0 Å². The Morgan fingerprint density at radius 3 is 1.53 bits per heavy atom. The second kappa shape index (κ2) is 31.9. The van der Waals surface area contributed by atoms with Crippen LogP contribution in [-0.2, 0) is 14.3 Å². The standard InChI is InChI=1S/C41H71NO3/c1-3-5-7-9-11-13-15-17-19-21-23-25-27-29-31-33-38-45-41(44)39-35-34-37-42(39)40(43)36-32-30-28-26-24-22-20-18-16-14-12-10-8-6-4-2/h11-14,17-20,39H,3-10,15-16,21-38H2,1-2H3/b13-11-,14-12-,19-17-,20-18-/t39-/m0/s1. The lowest BCUT2D eigenvalue weighted by atomic mass is 10.1. The maximum absolute atomic E-state index is 12.8. The Bertz CT molecular complexity index is 812. The predicted octanol–water partition coefficient (Wildman–Crippen LogP) is 12.1. The maximum atomic E-state index is 12.8. The molecule has 0 saturated carbocycles. The van der Waals surface area contributed by atoms with Gasteiger partial charge in [0.05, 0.1) is 6.61 Å². The summed E-state index contributed by atoms with van der Waals surface area (Å²) in [5, 5.41) is 0. The van der Waals surface area contributed by atoms with Crippen LogP contribution in [0.25, 0.3) is 0 Å². The first-order valence-electron chi connectivity index (χ1n) is 19.3. The average molecular weight is 626 g/mol. The lowest BCUT2D eigenvalue weighted by Crippen LogP contribution is -2.41. The van der Waals surface area contributed by atoms with Gasteiger partial charge < -0.3 is 9.64 Å². The van der Waals surface area contributed by atoms with Crippen molar-refractivity contribution in [3.63, 3.8) is 0 Å². The molecule has 0 unspecified atom stereocenters. The molecule has 0 spiro atoms. The second-order valence-corrected chi connectivity index (χ2v) is 13.0. The van der Waals surface area contributed by atoms with E-state index in [-0.39, 0.29) is 17.9 Å². The Morgan fingerprint density at radius 2 is 1.02 bits per heavy atom. The highest BCUT2D eigenvalue weighted by Gasteiger charge is 2.34. The third kappa shape index (κ3) is 24.8. The minimum absolute atomic E-state index is 0.133. The first-order valence-corrected chi connectivity index (χ1v) is 19.3. The van der Waals surface area contributed by atoms with Crippen molar-refractivity contribution >= 4 is 11.9 Å². The highest BCUT2D eigenvalue weighted by atomic mass is 16.5. The Hall–Kier alpha value is -2.10. The van der Waals surface area contributed by atoms with Gasteiger partial charge in [-0.05, 0) is 89.9 Å². The smallest absolute Gasteiger partial charge is 0.328 e. The second-order valence-electron chi connectivity index (χ2n) is 13.0. The van der Waals surface area contributed by atoms with Gasteiger partial charge in [-0.15, -0.1) is 0 Å². The molecule has 1 fully saturated rings. The fraction of sp³-hybridized carbons (Fsp3) is 0.756. The molecule has 1 heterocycles. The van der Waals surface area contributed by atoms with Gasteiger partial charge in [-0.3, -0.25) is 4.79 Å². The molecule has 1 rings (SSSR count). The van der Waals surface area contributed by atoms with Gasteiger partial charge in [-0.25, -0.2) is 4.79 Å². The molecule has 0 aliphatic carbocycles. The molecule has 1 saturated heterocycles. The van der Waals surface area contributed by atoms with Crippen LogP contribution in [0.3, 0.4) is 0 Å². The molecule has 1 aliphatic rings. The summed E-state index contributed by atoms with van der Waals surface area (Å²) >= 11 is 0. The van der Waals surface area contributed by atoms with Crippen LogP contribution in [0.1, 0.15) is 181 Å². The third-order valence-electron chi connectivity index (χ3n) is 8.78. The average Bonchev–Trinajstić information content (AvgIpc) is 3.55. The summed E-state index contributed by atoms with van der Waals surface area (Å²) in [5.74, 6) is -0.0580. The largest absolute Gasteiger partial charge is 0.464 e. The highest BCUT2D eigenvalue weighted by molar-refractivity contribution is 5.85. The summed E-state index contributed by atoms with van der Waals surface area (Å²) in [5.41, 5.74) is 0. The first kappa shape index (κ1) is 40.9. The number of allylic oxidation sites excluding steroid dienone is 8. The fourth-order valence-corrected chi connectivity index (χ4v) is 5.90. The minimum atomic E-state index is -0.361. The Labute approximate surface area is 279 Å². The van der Waals surface area contributed by atoms with Gasteiger partial charge >= 0.3 is 5.97 Å². The van der Waals surface area contributed by atoms with Gasteiger partial charge in [0.2, 0.25) is 5.91 Å². The van der Waals surface area contributed by atoms with Crippen LogP contribution in [0.4, 0.5) is 0 Å². The number of likely N-dealkylation sites (tertiary alicyclic amines) is 1. The lowest BCUT2D eigenvalue weighted by Gasteiger charge is -2.23. The van der Waals surface area contributed by atoms with E-state index in [0.717, 1.165) is 57.8 Å². The molecule has 0 aromatic carbocycles. The summed E-state index contributed by atoms with van der Waals surface area (Å²) in [7, 11) is 0. The lowest BCUT2D eigenvalue weighted by molar-refractivity contribution is -0.153. The first-order chi connectivity index (χ1) is 22.2. The van der Waals surface area contributed by atoms with E-state index in [4.69, 9.17) is 4.74 Å². The van der Waals surface area contributed by atoms with E-state index in [1.54, 1.807) is 4.90 Å². The number of unbranched alkanes of at least 4 members (excludes halogenated alkanes) is 17. The summed E-state index contributed by atoms with van der Waals surface area (Å²) in [4.78, 5) is 27.3. The molecule has 4 nitrogen and oxygen atoms in total. The van der Waals surface area contributed by atoms with Crippen molar-refractivity contribution in [1.82, 2.24) is 4.90 Å². The van der Waals surface area contributed by atoms with E-state index in [1.165, 1.54) is 103 Å². The molecule has 0 N–H and O–H groups in total. The quantitative estimate of drug-likeness (QED) is 0.0453. The van der Waals surface area contributed by atoms with Crippen LogP contribution in [0, 0.1) is 0 Å². The van der Waals surface area contributed by atoms with E-state index >= 15 is 0 Å². The molecular weight excluding hydrogens is 554 g/mol. The number of rotatable bonds is 30. The Balaban J connectivity index is 1.98. The zero-order valence-corrected chi connectivity index (χ0v) is 29.7. The Morgan fingerprint density at radius 1 is 0.578 bits per heavy atom. The zero-order valence-electron chi connectivity index (χ0n) is 29.7. The molecular formula is C41H71NO3. The number of carbonyl (C=O) groups excluding carboxylic acids is 2. The molecule has 0 bridgehead atoms. The highest BCUT2D eigenvalue weighted by Crippen LogP contribution is 2.21. The summed E-state index contributed by atoms with van der Waals surface area (Å²) in [6.45, 7) is 5.68. The van der Waals surface area contributed by atoms with Crippen LogP contribution in [0.5, 0.6) is 0 Å². The molecule has 0 aromatic rings. The van der Waals surface area contributed by atoms with Crippen LogP contribution in [-0.4, -0.2) is 36.0 Å². The number of esters is 1. The van der Waals surface area contributed by atoms with Gasteiger partial charge in [0.25, 0.3) is 0 Å². The van der Waals surface area contributed by atoms with Gasteiger partial charge in [0.15, 0.2) is 0 Å². The van der Waals surface area contributed by atoms with E-state index in [9.17, 15) is 9.59 Å². The molecule has 0 aromatic heterocycles. The zero-order chi connectivity index (χ0) is 32.5. The van der Waals surface area contributed by atoms with Crippen molar-refractivity contribution < 1.29 is 14.3 Å². The van der Waals surface area contributed by atoms with Gasteiger partial charge in [-0.2, -0.15) is 0 Å². The molecule has 258 valence electrons. The molecule has 4 heteroatoms. The van der Waals surface area contributed by atoms with Gasteiger partial charge in [-0.1, -0.05) is 133 Å².